The van der Waals surface area contributed by atoms with Crippen LogP contribution in [0.1, 0.15) is 30.1 Å². The summed E-state index contributed by atoms with van der Waals surface area (Å²) in [6.07, 6.45) is 2.00. The van der Waals surface area contributed by atoms with E-state index in [1.807, 2.05) is 0 Å². The summed E-state index contributed by atoms with van der Waals surface area (Å²) < 4.78 is 5.13. The third-order valence-corrected chi connectivity index (χ3v) is 3.38. The molecule has 0 spiro atoms. The Morgan fingerprint density at radius 1 is 1.19 bits per heavy atom. The van der Waals surface area contributed by atoms with E-state index in [0.717, 1.165) is 19.6 Å². The molecule has 2 rings (SSSR count). The number of ether oxygens (including phenoxy) is 1. The number of benzene rings is 1. The summed E-state index contributed by atoms with van der Waals surface area (Å²) in [5, 5.41) is 2.64. The van der Waals surface area contributed by atoms with Gasteiger partial charge in [-0.15, -0.1) is 12.4 Å². The van der Waals surface area contributed by atoms with Gasteiger partial charge in [-0.3, -0.25) is 15.0 Å². The van der Waals surface area contributed by atoms with Crippen LogP contribution >= 0.6 is 12.4 Å². The summed E-state index contributed by atoms with van der Waals surface area (Å²) in [5.41, 5.74) is 1.25. The molecule has 6 heteroatoms. The number of hydrogen-bond acceptors (Lipinski definition) is 4. The fourth-order valence-corrected chi connectivity index (χ4v) is 2.22. The van der Waals surface area contributed by atoms with Crippen LogP contribution in [-0.2, 0) is 4.74 Å². The lowest BCUT2D eigenvalue weighted by atomic mass is 10.1. The Morgan fingerprint density at radius 3 is 2.38 bits per heavy atom. The minimum atomic E-state index is -0.459. The predicted molar refractivity (Wildman–Crippen MR) is 84.3 cm³/mol. The number of anilines is 1. The van der Waals surface area contributed by atoms with Gasteiger partial charge in [-0.1, -0.05) is 0 Å². The van der Waals surface area contributed by atoms with Crippen molar-refractivity contribution >= 4 is 30.0 Å². The minimum Gasteiger partial charge on any atom is -0.448 e. The first-order valence-corrected chi connectivity index (χ1v) is 6.92. The van der Waals surface area contributed by atoms with Crippen molar-refractivity contribution in [1.82, 2.24) is 4.90 Å². The molecule has 0 bridgehead atoms. The number of nitrogens with one attached hydrogen (secondary N) is 1. The molecular formula is C15H21ClN2O3. The quantitative estimate of drug-likeness (QED) is 0.849. The van der Waals surface area contributed by atoms with E-state index in [1.165, 1.54) is 19.8 Å². The van der Waals surface area contributed by atoms with Crippen molar-refractivity contribution in [1.29, 1.82) is 0 Å². The molecule has 21 heavy (non-hydrogen) atoms. The second-order valence-electron chi connectivity index (χ2n) is 4.94. The van der Waals surface area contributed by atoms with Crippen LogP contribution < -0.4 is 5.32 Å². The number of amides is 1. The number of hydrogen-bond donors (Lipinski definition) is 1. The van der Waals surface area contributed by atoms with Gasteiger partial charge in [0.2, 0.25) is 0 Å². The highest BCUT2D eigenvalue weighted by molar-refractivity contribution is 5.94. The van der Waals surface area contributed by atoms with E-state index in [9.17, 15) is 9.59 Å². The van der Waals surface area contributed by atoms with Crippen LogP contribution in [0.15, 0.2) is 24.3 Å². The van der Waals surface area contributed by atoms with E-state index < -0.39 is 6.09 Å². The molecule has 1 aliphatic heterocycles. The zero-order valence-electron chi connectivity index (χ0n) is 12.1. The summed E-state index contributed by atoms with van der Waals surface area (Å²) in [4.78, 5) is 25.0. The number of Topliss-reactive ketones (excluding diaryl/α,β-unsaturated/α-hetero) is 1. The van der Waals surface area contributed by atoms with Crippen LogP contribution in [0.4, 0.5) is 10.5 Å². The van der Waals surface area contributed by atoms with Gasteiger partial charge in [0.15, 0.2) is 5.78 Å². The van der Waals surface area contributed by atoms with Gasteiger partial charge in [0, 0.05) is 17.8 Å². The van der Waals surface area contributed by atoms with Crippen molar-refractivity contribution in [2.45, 2.75) is 19.8 Å². The molecule has 116 valence electrons. The van der Waals surface area contributed by atoms with Gasteiger partial charge >= 0.3 is 6.09 Å². The van der Waals surface area contributed by atoms with Crippen LogP contribution in [0.5, 0.6) is 0 Å². The van der Waals surface area contributed by atoms with Crippen LogP contribution in [0.3, 0.4) is 0 Å². The van der Waals surface area contributed by atoms with E-state index in [2.05, 4.69) is 10.2 Å². The summed E-state index contributed by atoms with van der Waals surface area (Å²) in [6, 6.07) is 6.75. The lowest BCUT2D eigenvalue weighted by molar-refractivity contribution is 0.101. The summed E-state index contributed by atoms with van der Waals surface area (Å²) in [7, 11) is 0. The normalized spacial score (nSPS) is 14.3. The van der Waals surface area contributed by atoms with E-state index in [4.69, 9.17) is 4.74 Å². The highest BCUT2D eigenvalue weighted by Gasteiger charge is 2.11. The number of carbonyl (C=O) groups excluding carboxylic acids is 2. The minimum absolute atomic E-state index is 0. The van der Waals surface area contributed by atoms with Gasteiger partial charge in [-0.2, -0.15) is 0 Å². The highest BCUT2D eigenvalue weighted by Crippen LogP contribution is 2.10. The topological polar surface area (TPSA) is 58.6 Å². The smallest absolute Gasteiger partial charge is 0.411 e. The Labute approximate surface area is 131 Å². The zero-order chi connectivity index (χ0) is 14.4. The van der Waals surface area contributed by atoms with E-state index >= 15 is 0 Å². The zero-order valence-corrected chi connectivity index (χ0v) is 12.9. The maximum absolute atomic E-state index is 11.6. The lowest BCUT2D eigenvalue weighted by Gasteiger charge is -2.14. The SMILES string of the molecule is CC(=O)c1ccc(NC(=O)OCCN2CCCC2)cc1.Cl. The fourth-order valence-electron chi connectivity index (χ4n) is 2.22. The molecule has 1 amide bonds. The van der Waals surface area contributed by atoms with E-state index in [1.54, 1.807) is 24.3 Å². The first-order chi connectivity index (χ1) is 9.65. The number of halogens is 1. The van der Waals surface area contributed by atoms with Crippen LogP contribution in [0.2, 0.25) is 0 Å². The Morgan fingerprint density at radius 2 is 1.81 bits per heavy atom. The maximum Gasteiger partial charge on any atom is 0.411 e. The third-order valence-electron chi connectivity index (χ3n) is 3.38. The summed E-state index contributed by atoms with van der Waals surface area (Å²) in [6.45, 7) is 4.89. The molecule has 0 aliphatic carbocycles. The molecule has 1 heterocycles. The summed E-state index contributed by atoms with van der Waals surface area (Å²) >= 11 is 0. The van der Waals surface area contributed by atoms with E-state index in [0.29, 0.717) is 17.9 Å². The maximum atomic E-state index is 11.6. The van der Waals surface area contributed by atoms with Crippen molar-refractivity contribution in [3.63, 3.8) is 0 Å². The van der Waals surface area contributed by atoms with Crippen molar-refractivity contribution in [3.8, 4) is 0 Å². The number of rotatable bonds is 5. The van der Waals surface area contributed by atoms with Gasteiger partial charge in [-0.05, 0) is 57.1 Å². The fraction of sp³-hybridized carbons (Fsp3) is 0.467. The van der Waals surface area contributed by atoms with Crippen LogP contribution in [0.25, 0.3) is 0 Å². The Kier molecular flexibility index (Phi) is 7.19. The number of ketones is 1. The van der Waals surface area contributed by atoms with Gasteiger partial charge in [0.05, 0.1) is 0 Å². The highest BCUT2D eigenvalue weighted by atomic mass is 35.5. The molecule has 1 aromatic rings. The van der Waals surface area contributed by atoms with Crippen LogP contribution in [0, 0.1) is 0 Å². The van der Waals surface area contributed by atoms with Crippen molar-refractivity contribution in [2.24, 2.45) is 0 Å². The Bertz CT molecular complexity index is 470. The Balaban J connectivity index is 0.00000220. The number of likely N-dealkylation sites (tertiary alicyclic amines) is 1. The largest absolute Gasteiger partial charge is 0.448 e. The molecule has 0 radical (unpaired) electrons. The predicted octanol–water partition coefficient (Wildman–Crippen LogP) is 2.96. The molecule has 1 fully saturated rings. The first-order valence-electron chi connectivity index (χ1n) is 6.92. The molecule has 0 atom stereocenters. The van der Waals surface area contributed by atoms with Crippen molar-refractivity contribution < 1.29 is 14.3 Å². The van der Waals surface area contributed by atoms with Gasteiger partial charge in [0.1, 0.15) is 6.61 Å². The Hall–Kier alpha value is -1.59. The van der Waals surface area contributed by atoms with Crippen LogP contribution in [-0.4, -0.2) is 43.0 Å². The molecule has 0 unspecified atom stereocenters. The van der Waals surface area contributed by atoms with Crippen molar-refractivity contribution in [3.05, 3.63) is 29.8 Å². The number of carbonyl (C=O) groups is 2. The molecular weight excluding hydrogens is 292 g/mol. The molecule has 1 saturated heterocycles. The molecule has 5 nitrogen and oxygen atoms in total. The monoisotopic (exact) mass is 312 g/mol. The average molecular weight is 313 g/mol. The second-order valence-corrected chi connectivity index (χ2v) is 4.94. The molecule has 1 aliphatic rings. The first kappa shape index (κ1) is 17.5. The summed E-state index contributed by atoms with van der Waals surface area (Å²) in [5.74, 6) is 0.00439. The van der Waals surface area contributed by atoms with E-state index in [-0.39, 0.29) is 18.2 Å². The lowest BCUT2D eigenvalue weighted by Crippen LogP contribution is -2.26. The van der Waals surface area contributed by atoms with Crippen molar-refractivity contribution in [2.75, 3.05) is 31.6 Å². The average Bonchev–Trinajstić information content (AvgIpc) is 2.92. The molecule has 1 N–H and O–H groups in total. The van der Waals surface area contributed by atoms with Gasteiger partial charge in [-0.25, -0.2) is 4.79 Å². The van der Waals surface area contributed by atoms with Gasteiger partial charge < -0.3 is 4.74 Å². The molecule has 0 aromatic heterocycles. The molecule has 0 saturated carbocycles. The molecule has 1 aromatic carbocycles. The second kappa shape index (κ2) is 8.64. The van der Waals surface area contributed by atoms with Gasteiger partial charge in [0.25, 0.3) is 0 Å². The third kappa shape index (κ3) is 5.73. The standard InChI is InChI=1S/C15H20N2O3.ClH/c1-12(18)13-4-6-14(7-5-13)16-15(19)20-11-10-17-8-2-3-9-17;/h4-7H,2-3,8-11H2,1H3,(H,16,19);1H. The number of nitrogens with zero attached hydrogens (tertiary/aromatic N) is 1.